The van der Waals surface area contributed by atoms with E-state index in [0.29, 0.717) is 12.2 Å². The average Bonchev–Trinajstić information content (AvgIpc) is 2.54. The van der Waals surface area contributed by atoms with E-state index in [2.05, 4.69) is 23.2 Å². The van der Waals surface area contributed by atoms with Crippen LogP contribution in [0.4, 0.5) is 0 Å². The molecule has 0 spiro atoms. The smallest absolute Gasteiger partial charge is 0.107 e. The number of nitrogens with zero attached hydrogens (tertiary/aromatic N) is 1. The summed E-state index contributed by atoms with van der Waals surface area (Å²) in [6.07, 6.45) is 4.08. The van der Waals surface area contributed by atoms with Crippen molar-refractivity contribution in [2.75, 3.05) is 6.54 Å². The summed E-state index contributed by atoms with van der Waals surface area (Å²) in [5, 5.41) is 10.9. The lowest BCUT2D eigenvalue weighted by Gasteiger charge is -2.41. The first kappa shape index (κ1) is 13.3. The summed E-state index contributed by atoms with van der Waals surface area (Å²) in [6, 6.07) is 14.0. The van der Waals surface area contributed by atoms with E-state index >= 15 is 0 Å². The van der Waals surface area contributed by atoms with Gasteiger partial charge < -0.3 is 10.8 Å². The molecule has 0 saturated heterocycles. The second-order valence-electron chi connectivity index (χ2n) is 5.53. The van der Waals surface area contributed by atoms with E-state index < -0.39 is 11.5 Å². The molecule has 1 heterocycles. The highest BCUT2D eigenvalue weighted by molar-refractivity contribution is 5.39. The number of aliphatic hydroxyl groups excluding tert-OH is 1. The summed E-state index contributed by atoms with van der Waals surface area (Å²) in [5.74, 6) is 0. The Bertz CT molecular complexity index is 585. The summed E-state index contributed by atoms with van der Waals surface area (Å²) in [6.45, 7) is 0.432. The number of hydrogen-bond donors (Lipinski definition) is 2. The molecule has 2 aromatic rings. The Hall–Kier alpha value is -1.71. The molecular formula is C17H20N2O. The molecular weight excluding hydrogens is 248 g/mol. The van der Waals surface area contributed by atoms with Crippen LogP contribution in [0.1, 0.15) is 35.8 Å². The minimum Gasteiger partial charge on any atom is -0.386 e. The summed E-state index contributed by atoms with van der Waals surface area (Å²) in [7, 11) is 0. The first-order valence-electron chi connectivity index (χ1n) is 7.15. The first-order chi connectivity index (χ1) is 9.78. The molecule has 1 aliphatic rings. The van der Waals surface area contributed by atoms with E-state index in [1.165, 1.54) is 11.1 Å². The number of benzene rings is 1. The van der Waals surface area contributed by atoms with Crippen LogP contribution in [-0.2, 0) is 11.8 Å². The zero-order valence-corrected chi connectivity index (χ0v) is 11.5. The number of fused-ring (bicyclic) bond motifs is 1. The van der Waals surface area contributed by atoms with Gasteiger partial charge in [0.1, 0.15) is 6.10 Å². The van der Waals surface area contributed by atoms with Crippen LogP contribution in [-0.4, -0.2) is 16.6 Å². The molecule has 1 aliphatic carbocycles. The standard InChI is InChI=1S/C17H20N2O/c18-12-17(16(20)15-9-3-4-11-19-15)10-5-7-13-6-1-2-8-14(13)17/h1-4,6,8-9,11,16,20H,5,7,10,12,18H2. The van der Waals surface area contributed by atoms with E-state index in [1.54, 1.807) is 6.20 Å². The van der Waals surface area contributed by atoms with Crippen molar-refractivity contribution in [3.63, 3.8) is 0 Å². The molecule has 3 rings (SSSR count). The normalized spacial score (nSPS) is 23.1. The zero-order chi connectivity index (χ0) is 14.0. The lowest BCUT2D eigenvalue weighted by Crippen LogP contribution is -2.44. The Morgan fingerprint density at radius 1 is 1.20 bits per heavy atom. The monoisotopic (exact) mass is 268 g/mol. The molecule has 0 bridgehead atoms. The Labute approximate surface area is 119 Å². The van der Waals surface area contributed by atoms with Gasteiger partial charge in [0, 0.05) is 18.2 Å². The van der Waals surface area contributed by atoms with Gasteiger partial charge in [-0.1, -0.05) is 30.3 Å². The molecule has 2 atom stereocenters. The van der Waals surface area contributed by atoms with Crippen LogP contribution in [0.15, 0.2) is 48.7 Å². The molecule has 0 aliphatic heterocycles. The van der Waals surface area contributed by atoms with Gasteiger partial charge in [0.05, 0.1) is 5.69 Å². The maximum absolute atomic E-state index is 10.9. The quantitative estimate of drug-likeness (QED) is 0.898. The molecule has 3 nitrogen and oxygen atoms in total. The number of aliphatic hydroxyl groups is 1. The Morgan fingerprint density at radius 3 is 2.75 bits per heavy atom. The summed E-state index contributed by atoms with van der Waals surface area (Å²) in [4.78, 5) is 4.31. The number of nitrogens with two attached hydrogens (primary N) is 1. The molecule has 0 saturated carbocycles. The van der Waals surface area contributed by atoms with Gasteiger partial charge in [-0.05, 0) is 42.5 Å². The van der Waals surface area contributed by atoms with E-state index in [4.69, 9.17) is 5.73 Å². The minimum atomic E-state index is -0.657. The molecule has 2 unspecified atom stereocenters. The lowest BCUT2D eigenvalue weighted by molar-refractivity contribution is 0.0681. The summed E-state index contributed by atoms with van der Waals surface area (Å²) < 4.78 is 0. The van der Waals surface area contributed by atoms with Gasteiger partial charge >= 0.3 is 0 Å². The van der Waals surface area contributed by atoms with Crippen LogP contribution in [0.3, 0.4) is 0 Å². The van der Waals surface area contributed by atoms with Crippen molar-refractivity contribution in [2.45, 2.75) is 30.8 Å². The van der Waals surface area contributed by atoms with Crippen LogP contribution >= 0.6 is 0 Å². The second-order valence-corrected chi connectivity index (χ2v) is 5.53. The van der Waals surface area contributed by atoms with Crippen LogP contribution in [0.2, 0.25) is 0 Å². The number of pyridine rings is 1. The molecule has 0 amide bonds. The highest BCUT2D eigenvalue weighted by atomic mass is 16.3. The van der Waals surface area contributed by atoms with Crippen molar-refractivity contribution in [3.8, 4) is 0 Å². The highest BCUT2D eigenvalue weighted by Crippen LogP contribution is 2.44. The number of aryl methyl sites for hydroxylation is 1. The SMILES string of the molecule is NCC1(C(O)c2ccccn2)CCCc2ccccc21. The number of rotatable bonds is 3. The Morgan fingerprint density at radius 2 is 2.00 bits per heavy atom. The molecule has 104 valence electrons. The van der Waals surface area contributed by atoms with Crippen molar-refractivity contribution in [1.82, 2.24) is 4.98 Å². The van der Waals surface area contributed by atoms with Crippen molar-refractivity contribution >= 4 is 0 Å². The van der Waals surface area contributed by atoms with Gasteiger partial charge in [-0.25, -0.2) is 0 Å². The number of hydrogen-bond acceptors (Lipinski definition) is 3. The predicted molar refractivity (Wildman–Crippen MR) is 79.3 cm³/mol. The van der Waals surface area contributed by atoms with Crippen LogP contribution in [0.5, 0.6) is 0 Å². The van der Waals surface area contributed by atoms with Crippen molar-refractivity contribution in [1.29, 1.82) is 0 Å². The van der Waals surface area contributed by atoms with Crippen LogP contribution < -0.4 is 5.73 Å². The number of aromatic nitrogens is 1. The molecule has 0 fully saturated rings. The minimum absolute atomic E-state index is 0.413. The molecule has 3 heteroatoms. The molecule has 0 radical (unpaired) electrons. The third-order valence-electron chi connectivity index (χ3n) is 4.48. The lowest BCUT2D eigenvalue weighted by atomic mass is 9.66. The van der Waals surface area contributed by atoms with E-state index in [1.807, 2.05) is 24.3 Å². The fourth-order valence-corrected chi connectivity index (χ4v) is 3.38. The third-order valence-corrected chi connectivity index (χ3v) is 4.48. The van der Waals surface area contributed by atoms with Gasteiger partial charge in [-0.15, -0.1) is 0 Å². The predicted octanol–water partition coefficient (Wildman–Crippen LogP) is 2.35. The fourth-order valence-electron chi connectivity index (χ4n) is 3.38. The second kappa shape index (κ2) is 5.35. The maximum Gasteiger partial charge on any atom is 0.107 e. The van der Waals surface area contributed by atoms with Gasteiger partial charge in [0.25, 0.3) is 0 Å². The first-order valence-corrected chi connectivity index (χ1v) is 7.15. The maximum atomic E-state index is 10.9. The summed E-state index contributed by atoms with van der Waals surface area (Å²) in [5.41, 5.74) is 8.89. The van der Waals surface area contributed by atoms with Crippen molar-refractivity contribution in [3.05, 3.63) is 65.5 Å². The molecule has 1 aromatic heterocycles. The van der Waals surface area contributed by atoms with Crippen LogP contribution in [0, 0.1) is 0 Å². The third kappa shape index (κ3) is 2.03. The van der Waals surface area contributed by atoms with E-state index in [0.717, 1.165) is 19.3 Å². The van der Waals surface area contributed by atoms with E-state index in [-0.39, 0.29) is 0 Å². The largest absolute Gasteiger partial charge is 0.386 e. The van der Waals surface area contributed by atoms with Gasteiger partial charge in [-0.3, -0.25) is 4.98 Å². The van der Waals surface area contributed by atoms with Crippen molar-refractivity contribution < 1.29 is 5.11 Å². The van der Waals surface area contributed by atoms with Crippen molar-refractivity contribution in [2.24, 2.45) is 5.73 Å². The topological polar surface area (TPSA) is 59.1 Å². The molecule has 20 heavy (non-hydrogen) atoms. The van der Waals surface area contributed by atoms with Gasteiger partial charge in [0.15, 0.2) is 0 Å². The summed E-state index contributed by atoms with van der Waals surface area (Å²) >= 11 is 0. The van der Waals surface area contributed by atoms with Gasteiger partial charge in [-0.2, -0.15) is 0 Å². The van der Waals surface area contributed by atoms with Crippen LogP contribution in [0.25, 0.3) is 0 Å². The van der Waals surface area contributed by atoms with E-state index in [9.17, 15) is 5.11 Å². The highest BCUT2D eigenvalue weighted by Gasteiger charge is 2.42. The fraction of sp³-hybridized carbons (Fsp3) is 0.353. The average molecular weight is 268 g/mol. The van der Waals surface area contributed by atoms with Gasteiger partial charge in [0.2, 0.25) is 0 Å². The molecule has 3 N–H and O–H groups in total. The Balaban J connectivity index is 2.09. The zero-order valence-electron chi connectivity index (χ0n) is 11.5. The molecule has 1 aromatic carbocycles. The Kier molecular flexibility index (Phi) is 3.55.